The molecule has 0 heterocycles. The number of aliphatic hydroxyl groups excluding tert-OH is 1. The first kappa shape index (κ1) is 17.2. The van der Waals surface area contributed by atoms with Crippen LogP contribution >= 0.6 is 0 Å². The molecule has 2 fully saturated rings. The average Bonchev–Trinajstić information content (AvgIpc) is 2.45. The van der Waals surface area contributed by atoms with Gasteiger partial charge >= 0.3 is 0 Å². The van der Waals surface area contributed by atoms with E-state index in [1.54, 1.807) is 0 Å². The highest BCUT2D eigenvalue weighted by molar-refractivity contribution is 4.88. The highest BCUT2D eigenvalue weighted by atomic mass is 16.5. The van der Waals surface area contributed by atoms with E-state index in [-0.39, 0.29) is 6.10 Å². The molecule has 2 aliphatic rings. The Morgan fingerprint density at radius 1 is 1.14 bits per heavy atom. The number of rotatable bonds is 6. The Labute approximate surface area is 130 Å². The fourth-order valence-electron chi connectivity index (χ4n) is 3.97. The first-order valence-electron chi connectivity index (χ1n) is 9.02. The van der Waals surface area contributed by atoms with Crippen molar-refractivity contribution in [3.05, 3.63) is 0 Å². The van der Waals surface area contributed by atoms with Crippen LogP contribution in [0, 0.1) is 11.3 Å². The molecule has 4 unspecified atom stereocenters. The van der Waals surface area contributed by atoms with Crippen LogP contribution in [-0.4, -0.2) is 36.5 Å². The summed E-state index contributed by atoms with van der Waals surface area (Å²) in [5.41, 5.74) is 0.358. The van der Waals surface area contributed by atoms with Crippen molar-refractivity contribution in [1.29, 1.82) is 0 Å². The molecule has 0 radical (unpaired) electrons. The molecular formula is C18H35NO2. The van der Waals surface area contributed by atoms with Gasteiger partial charge in [0.05, 0.1) is 18.8 Å². The number of hydrogen-bond acceptors (Lipinski definition) is 3. The third-order valence-corrected chi connectivity index (χ3v) is 5.64. The van der Waals surface area contributed by atoms with Gasteiger partial charge in [0.1, 0.15) is 0 Å². The SMILES string of the molecule is CC1CCCCC1OCC(O)CNC1CCCCC1(C)C. The Kier molecular flexibility index (Phi) is 6.51. The van der Waals surface area contributed by atoms with Crippen molar-refractivity contribution >= 4 is 0 Å². The van der Waals surface area contributed by atoms with Crippen LogP contribution in [0.15, 0.2) is 0 Å². The van der Waals surface area contributed by atoms with Crippen molar-refractivity contribution in [3.63, 3.8) is 0 Å². The first-order valence-corrected chi connectivity index (χ1v) is 9.02. The van der Waals surface area contributed by atoms with Gasteiger partial charge < -0.3 is 15.2 Å². The van der Waals surface area contributed by atoms with Gasteiger partial charge in [0.15, 0.2) is 0 Å². The molecule has 4 atom stereocenters. The van der Waals surface area contributed by atoms with Gasteiger partial charge in [0.2, 0.25) is 0 Å². The van der Waals surface area contributed by atoms with Crippen molar-refractivity contribution < 1.29 is 9.84 Å². The summed E-state index contributed by atoms with van der Waals surface area (Å²) in [6, 6.07) is 0.537. The van der Waals surface area contributed by atoms with Crippen molar-refractivity contribution in [3.8, 4) is 0 Å². The Hall–Kier alpha value is -0.120. The highest BCUT2D eigenvalue weighted by Gasteiger charge is 2.32. The van der Waals surface area contributed by atoms with E-state index in [2.05, 4.69) is 26.1 Å². The summed E-state index contributed by atoms with van der Waals surface area (Å²) in [7, 11) is 0. The molecular weight excluding hydrogens is 262 g/mol. The molecule has 2 rings (SSSR count). The Morgan fingerprint density at radius 3 is 2.57 bits per heavy atom. The van der Waals surface area contributed by atoms with Gasteiger partial charge in [-0.15, -0.1) is 0 Å². The topological polar surface area (TPSA) is 41.5 Å². The molecule has 2 N–H and O–H groups in total. The lowest BCUT2D eigenvalue weighted by molar-refractivity contribution is -0.0467. The summed E-state index contributed by atoms with van der Waals surface area (Å²) in [5.74, 6) is 0.649. The molecule has 0 aromatic heterocycles. The summed E-state index contributed by atoms with van der Waals surface area (Å²) in [5, 5.41) is 13.8. The quantitative estimate of drug-likeness (QED) is 0.788. The van der Waals surface area contributed by atoms with Crippen molar-refractivity contribution in [1.82, 2.24) is 5.32 Å². The van der Waals surface area contributed by atoms with E-state index in [9.17, 15) is 5.11 Å². The second-order valence-corrected chi connectivity index (χ2v) is 7.98. The maximum atomic E-state index is 10.2. The molecule has 0 amide bonds. The number of nitrogens with one attached hydrogen (secondary N) is 1. The normalized spacial score (nSPS) is 34.6. The van der Waals surface area contributed by atoms with Crippen molar-refractivity contribution in [2.75, 3.05) is 13.2 Å². The zero-order valence-corrected chi connectivity index (χ0v) is 14.2. The van der Waals surface area contributed by atoms with Crippen molar-refractivity contribution in [2.24, 2.45) is 11.3 Å². The largest absolute Gasteiger partial charge is 0.389 e. The van der Waals surface area contributed by atoms with Gasteiger partial charge in [-0.25, -0.2) is 0 Å². The zero-order chi connectivity index (χ0) is 15.3. The molecule has 3 heteroatoms. The zero-order valence-electron chi connectivity index (χ0n) is 14.2. The molecule has 0 aromatic carbocycles. The van der Waals surface area contributed by atoms with E-state index in [1.165, 1.54) is 44.9 Å². The fraction of sp³-hybridized carbons (Fsp3) is 1.00. The molecule has 3 nitrogen and oxygen atoms in total. The minimum absolute atomic E-state index is 0.358. The maximum absolute atomic E-state index is 10.2. The van der Waals surface area contributed by atoms with Gasteiger partial charge in [-0.05, 0) is 37.0 Å². The lowest BCUT2D eigenvalue weighted by Gasteiger charge is -2.39. The van der Waals surface area contributed by atoms with Crippen LogP contribution in [0.25, 0.3) is 0 Å². The van der Waals surface area contributed by atoms with Crippen LogP contribution in [-0.2, 0) is 4.74 Å². The molecule has 0 saturated heterocycles. The maximum Gasteiger partial charge on any atom is 0.0897 e. The van der Waals surface area contributed by atoms with E-state index in [1.807, 2.05) is 0 Å². The molecule has 0 aromatic rings. The van der Waals surface area contributed by atoms with Gasteiger partial charge in [-0.2, -0.15) is 0 Å². The average molecular weight is 297 g/mol. The van der Waals surface area contributed by atoms with Crippen LogP contribution in [0.4, 0.5) is 0 Å². The van der Waals surface area contributed by atoms with Crippen LogP contribution in [0.1, 0.15) is 72.1 Å². The van der Waals surface area contributed by atoms with Crippen LogP contribution in [0.5, 0.6) is 0 Å². The molecule has 0 spiro atoms. The molecule has 21 heavy (non-hydrogen) atoms. The third kappa shape index (κ3) is 5.22. The Bertz CT molecular complexity index is 306. The lowest BCUT2D eigenvalue weighted by Crippen LogP contribution is -2.47. The number of hydrogen-bond donors (Lipinski definition) is 2. The summed E-state index contributed by atoms with van der Waals surface area (Å²) in [6.07, 6.45) is 10.2. The monoisotopic (exact) mass is 297 g/mol. The second kappa shape index (κ2) is 7.94. The van der Waals surface area contributed by atoms with Gasteiger partial charge in [-0.1, -0.05) is 46.5 Å². The van der Waals surface area contributed by atoms with Crippen LogP contribution < -0.4 is 5.32 Å². The number of aliphatic hydroxyl groups is 1. The third-order valence-electron chi connectivity index (χ3n) is 5.64. The van der Waals surface area contributed by atoms with Gasteiger partial charge in [0, 0.05) is 12.6 Å². The van der Waals surface area contributed by atoms with Crippen molar-refractivity contribution in [2.45, 2.75) is 90.4 Å². The predicted octanol–water partition coefficient (Wildman–Crippen LogP) is 3.50. The molecule has 0 aliphatic heterocycles. The lowest BCUT2D eigenvalue weighted by atomic mass is 9.73. The van der Waals surface area contributed by atoms with E-state index in [4.69, 9.17) is 4.74 Å². The Balaban J connectivity index is 1.66. The molecule has 2 aliphatic carbocycles. The summed E-state index contributed by atoms with van der Waals surface area (Å²) in [4.78, 5) is 0. The first-order chi connectivity index (χ1) is 9.99. The standard InChI is InChI=1S/C18H35NO2/c1-14-8-4-5-9-16(14)21-13-15(20)12-19-17-10-6-7-11-18(17,2)3/h14-17,19-20H,4-13H2,1-3H3. The minimum Gasteiger partial charge on any atom is -0.389 e. The van der Waals surface area contributed by atoms with E-state index in [0.29, 0.717) is 36.6 Å². The molecule has 124 valence electrons. The summed E-state index contributed by atoms with van der Waals surface area (Å²) >= 11 is 0. The summed E-state index contributed by atoms with van der Waals surface area (Å²) < 4.78 is 5.96. The van der Waals surface area contributed by atoms with E-state index in [0.717, 1.165) is 6.42 Å². The second-order valence-electron chi connectivity index (χ2n) is 7.98. The van der Waals surface area contributed by atoms with Crippen LogP contribution in [0.3, 0.4) is 0 Å². The fourth-order valence-corrected chi connectivity index (χ4v) is 3.97. The van der Waals surface area contributed by atoms with Gasteiger partial charge in [-0.3, -0.25) is 0 Å². The number of ether oxygens (including phenoxy) is 1. The summed E-state index contributed by atoms with van der Waals surface area (Å²) in [6.45, 7) is 8.11. The van der Waals surface area contributed by atoms with Crippen LogP contribution in [0.2, 0.25) is 0 Å². The minimum atomic E-state index is -0.378. The molecule has 2 saturated carbocycles. The predicted molar refractivity (Wildman–Crippen MR) is 87.4 cm³/mol. The van der Waals surface area contributed by atoms with E-state index < -0.39 is 0 Å². The van der Waals surface area contributed by atoms with Gasteiger partial charge in [0.25, 0.3) is 0 Å². The smallest absolute Gasteiger partial charge is 0.0897 e. The van der Waals surface area contributed by atoms with E-state index >= 15 is 0 Å². The molecule has 0 bridgehead atoms. The highest BCUT2D eigenvalue weighted by Crippen LogP contribution is 2.35. The Morgan fingerprint density at radius 2 is 1.86 bits per heavy atom.